The van der Waals surface area contributed by atoms with Gasteiger partial charge in [0.05, 0.1) is 0 Å². The van der Waals surface area contributed by atoms with Crippen LogP contribution in [0.4, 0.5) is 0 Å². The summed E-state index contributed by atoms with van der Waals surface area (Å²) < 4.78 is 0.326. The average molecular weight is 187 g/mol. The Morgan fingerprint density at radius 3 is 2.25 bits per heavy atom. The van der Waals surface area contributed by atoms with Gasteiger partial charge in [-0.3, -0.25) is 0 Å². The van der Waals surface area contributed by atoms with Crippen molar-refractivity contribution in [2.45, 2.75) is 45.4 Å². The molecule has 0 saturated heterocycles. The van der Waals surface area contributed by atoms with Crippen LogP contribution in [0.25, 0.3) is 0 Å². The fourth-order valence-corrected chi connectivity index (χ4v) is 1.61. The summed E-state index contributed by atoms with van der Waals surface area (Å²) in [6.07, 6.45) is 2.12. The number of hydrogen-bond donors (Lipinski definition) is 1. The van der Waals surface area contributed by atoms with E-state index in [4.69, 9.17) is 5.73 Å². The molecule has 0 saturated carbocycles. The summed E-state index contributed by atoms with van der Waals surface area (Å²) in [5.74, 6) is 1.01. The summed E-state index contributed by atoms with van der Waals surface area (Å²) in [7, 11) is 0. The molecular weight excluding hydrogens is 166 g/mol. The molecule has 0 spiro atoms. The molecule has 0 aliphatic rings. The van der Waals surface area contributed by atoms with Crippen LogP contribution in [-0.4, -0.2) is 16.5 Å². The lowest BCUT2D eigenvalue weighted by molar-refractivity contribution is 0.795. The van der Waals surface area contributed by atoms with Gasteiger partial charge in [0.15, 0.2) is 0 Å². The quantitative estimate of drug-likeness (QED) is 0.688. The summed E-state index contributed by atoms with van der Waals surface area (Å²) in [5, 5.41) is 0. The molecule has 1 unspecified atom stereocenters. The Balaban J connectivity index is 3.73. The first-order valence-corrected chi connectivity index (χ1v) is 5.34. The second kappa shape index (κ2) is 4.93. The molecule has 0 aromatic carbocycles. The van der Waals surface area contributed by atoms with Crippen molar-refractivity contribution in [3.05, 3.63) is 11.6 Å². The zero-order valence-corrected chi connectivity index (χ0v) is 9.66. The smallest absolute Gasteiger partial charge is 0.0318 e. The molecule has 72 valence electrons. The molecule has 0 bridgehead atoms. The van der Waals surface area contributed by atoms with Crippen LogP contribution in [0.3, 0.4) is 0 Å². The highest BCUT2D eigenvalue weighted by molar-refractivity contribution is 8.00. The van der Waals surface area contributed by atoms with Crippen molar-refractivity contribution in [1.29, 1.82) is 0 Å². The highest BCUT2D eigenvalue weighted by Crippen LogP contribution is 2.23. The Labute approximate surface area is 80.8 Å². The zero-order valence-electron chi connectivity index (χ0n) is 8.85. The topological polar surface area (TPSA) is 26.0 Å². The number of rotatable bonds is 3. The Kier molecular flexibility index (Phi) is 4.95. The van der Waals surface area contributed by atoms with Crippen LogP contribution < -0.4 is 5.73 Å². The van der Waals surface area contributed by atoms with Crippen LogP contribution in [0.1, 0.15) is 34.6 Å². The second-order valence-electron chi connectivity index (χ2n) is 4.33. The van der Waals surface area contributed by atoms with Crippen molar-refractivity contribution >= 4 is 11.8 Å². The van der Waals surface area contributed by atoms with Gasteiger partial charge in [0.2, 0.25) is 0 Å². The Morgan fingerprint density at radius 1 is 1.42 bits per heavy atom. The third-order valence-electron chi connectivity index (χ3n) is 1.26. The average Bonchev–Trinajstić information content (AvgIpc) is 1.80. The summed E-state index contributed by atoms with van der Waals surface area (Å²) in [5.41, 5.74) is 7.19. The van der Waals surface area contributed by atoms with Crippen molar-refractivity contribution in [2.24, 2.45) is 5.73 Å². The molecular formula is C10H21NS. The molecule has 2 N–H and O–H groups in total. The number of allylic oxidation sites excluding steroid dienone is 1. The van der Waals surface area contributed by atoms with E-state index in [2.05, 4.69) is 40.7 Å². The van der Waals surface area contributed by atoms with E-state index in [-0.39, 0.29) is 6.04 Å². The maximum Gasteiger partial charge on any atom is 0.0318 e. The molecule has 12 heavy (non-hydrogen) atoms. The highest BCUT2D eigenvalue weighted by Gasteiger charge is 2.11. The lowest BCUT2D eigenvalue weighted by Gasteiger charge is -2.19. The van der Waals surface area contributed by atoms with Gasteiger partial charge in [-0.05, 0) is 13.8 Å². The van der Waals surface area contributed by atoms with Crippen LogP contribution >= 0.6 is 11.8 Å². The van der Waals surface area contributed by atoms with E-state index < -0.39 is 0 Å². The van der Waals surface area contributed by atoms with Crippen molar-refractivity contribution < 1.29 is 0 Å². The first-order chi connectivity index (χ1) is 5.31. The van der Waals surface area contributed by atoms with Gasteiger partial charge in [0, 0.05) is 16.5 Å². The Morgan fingerprint density at radius 2 is 1.92 bits per heavy atom. The minimum Gasteiger partial charge on any atom is -0.324 e. The predicted molar refractivity (Wildman–Crippen MR) is 59.6 cm³/mol. The number of nitrogens with two attached hydrogens (primary N) is 1. The summed E-state index contributed by atoms with van der Waals surface area (Å²) >= 11 is 1.91. The molecule has 2 heteroatoms. The third kappa shape index (κ3) is 8.15. The molecule has 0 aromatic rings. The molecule has 1 atom stereocenters. The lowest BCUT2D eigenvalue weighted by Crippen LogP contribution is -2.23. The summed E-state index contributed by atoms with van der Waals surface area (Å²) in [6, 6.07) is 0.208. The van der Waals surface area contributed by atoms with Gasteiger partial charge in [-0.2, -0.15) is 11.8 Å². The van der Waals surface area contributed by atoms with Crippen LogP contribution in [0.5, 0.6) is 0 Å². The van der Waals surface area contributed by atoms with E-state index in [1.165, 1.54) is 5.57 Å². The molecule has 1 nitrogen and oxygen atoms in total. The van der Waals surface area contributed by atoms with E-state index in [0.717, 1.165) is 5.75 Å². The van der Waals surface area contributed by atoms with Crippen molar-refractivity contribution in [3.8, 4) is 0 Å². The Bertz CT molecular complexity index is 152. The largest absolute Gasteiger partial charge is 0.324 e. The molecule has 0 aromatic heterocycles. The van der Waals surface area contributed by atoms with Gasteiger partial charge >= 0.3 is 0 Å². The number of thioether (sulfide) groups is 1. The van der Waals surface area contributed by atoms with Crippen LogP contribution in [-0.2, 0) is 0 Å². The van der Waals surface area contributed by atoms with Gasteiger partial charge in [-0.15, -0.1) is 0 Å². The summed E-state index contributed by atoms with van der Waals surface area (Å²) in [6.45, 7) is 10.8. The van der Waals surface area contributed by atoms with Crippen molar-refractivity contribution in [3.63, 3.8) is 0 Å². The molecule has 0 aliphatic carbocycles. The third-order valence-corrected chi connectivity index (χ3v) is 2.67. The maximum atomic E-state index is 5.88. The monoisotopic (exact) mass is 187 g/mol. The van der Waals surface area contributed by atoms with Gasteiger partial charge in [-0.1, -0.05) is 32.4 Å². The fourth-order valence-electron chi connectivity index (χ4n) is 0.822. The van der Waals surface area contributed by atoms with E-state index in [1.807, 2.05) is 11.8 Å². The van der Waals surface area contributed by atoms with Crippen LogP contribution in [0, 0.1) is 0 Å². The molecule has 0 rings (SSSR count). The first kappa shape index (κ1) is 12.0. The molecule has 0 heterocycles. The van der Waals surface area contributed by atoms with Crippen LogP contribution in [0.2, 0.25) is 0 Å². The summed E-state index contributed by atoms with van der Waals surface area (Å²) in [4.78, 5) is 0. The normalized spacial score (nSPS) is 14.2. The van der Waals surface area contributed by atoms with Crippen molar-refractivity contribution in [2.75, 3.05) is 5.75 Å². The van der Waals surface area contributed by atoms with E-state index in [9.17, 15) is 0 Å². The minimum atomic E-state index is 0.208. The zero-order chi connectivity index (χ0) is 9.78. The highest BCUT2D eigenvalue weighted by atomic mass is 32.2. The first-order valence-electron chi connectivity index (χ1n) is 4.36. The van der Waals surface area contributed by atoms with E-state index in [0.29, 0.717) is 4.75 Å². The molecule has 0 radical (unpaired) electrons. The second-order valence-corrected chi connectivity index (χ2v) is 6.18. The molecule has 0 amide bonds. The fraction of sp³-hybridized carbons (Fsp3) is 0.800. The molecule has 0 fully saturated rings. The lowest BCUT2D eigenvalue weighted by atomic mass is 10.2. The van der Waals surface area contributed by atoms with E-state index >= 15 is 0 Å². The minimum absolute atomic E-state index is 0.208. The maximum absolute atomic E-state index is 5.88. The number of hydrogen-bond acceptors (Lipinski definition) is 2. The van der Waals surface area contributed by atoms with Crippen LogP contribution in [0.15, 0.2) is 11.6 Å². The Hall–Kier alpha value is 0.0500. The predicted octanol–water partition coefficient (Wildman–Crippen LogP) is 2.81. The van der Waals surface area contributed by atoms with Gasteiger partial charge < -0.3 is 5.73 Å². The SMILES string of the molecule is CC(C)=CC(N)CSC(C)(C)C. The van der Waals surface area contributed by atoms with Gasteiger partial charge in [0.1, 0.15) is 0 Å². The van der Waals surface area contributed by atoms with Crippen molar-refractivity contribution in [1.82, 2.24) is 0 Å². The van der Waals surface area contributed by atoms with Gasteiger partial charge in [-0.25, -0.2) is 0 Å². The molecule has 0 aliphatic heterocycles. The van der Waals surface area contributed by atoms with E-state index in [1.54, 1.807) is 0 Å². The van der Waals surface area contributed by atoms with Gasteiger partial charge in [0.25, 0.3) is 0 Å². The standard InChI is InChI=1S/C10H21NS/c1-8(2)6-9(11)7-12-10(3,4)5/h6,9H,7,11H2,1-5H3.